The number of urea groups is 1. The molecule has 20 heavy (non-hydrogen) atoms. The third-order valence-corrected chi connectivity index (χ3v) is 3.36. The van der Waals surface area contributed by atoms with Crippen molar-refractivity contribution in [3.63, 3.8) is 0 Å². The van der Waals surface area contributed by atoms with Gasteiger partial charge in [-0.3, -0.25) is 0 Å². The standard InChI is InChI=1S/C16H21N3O/c20-16(18-15-11-5-2-6-12-15)19-17-13-7-10-14-8-3-1-4-9-14/h1,3-4,7-10,13,15H,2,5-6,11-12H2,(H2,18,19,20)/b10-7+,17-13+. The van der Waals surface area contributed by atoms with Gasteiger partial charge in [0.2, 0.25) is 0 Å². The van der Waals surface area contributed by atoms with E-state index in [1.807, 2.05) is 36.4 Å². The van der Waals surface area contributed by atoms with Gasteiger partial charge < -0.3 is 5.32 Å². The number of hydrogen-bond acceptors (Lipinski definition) is 2. The highest BCUT2D eigenvalue weighted by Crippen LogP contribution is 2.16. The number of carbonyl (C=O) groups is 1. The minimum absolute atomic E-state index is 0.221. The van der Waals surface area contributed by atoms with E-state index >= 15 is 0 Å². The maximum atomic E-state index is 11.6. The summed E-state index contributed by atoms with van der Waals surface area (Å²) in [5, 5.41) is 6.82. The molecule has 1 aliphatic carbocycles. The molecule has 1 fully saturated rings. The molecule has 0 heterocycles. The van der Waals surface area contributed by atoms with Gasteiger partial charge in [0.05, 0.1) is 0 Å². The lowest BCUT2D eigenvalue weighted by Crippen LogP contribution is -2.41. The molecule has 2 N–H and O–H groups in total. The number of nitrogens with zero attached hydrogens (tertiary/aromatic N) is 1. The van der Waals surface area contributed by atoms with Crippen LogP contribution >= 0.6 is 0 Å². The summed E-state index contributed by atoms with van der Waals surface area (Å²) in [7, 11) is 0. The van der Waals surface area contributed by atoms with E-state index in [9.17, 15) is 4.79 Å². The predicted molar refractivity (Wildman–Crippen MR) is 82.5 cm³/mol. The topological polar surface area (TPSA) is 53.5 Å². The molecule has 106 valence electrons. The maximum Gasteiger partial charge on any atom is 0.335 e. The lowest BCUT2D eigenvalue weighted by atomic mass is 9.96. The zero-order valence-electron chi connectivity index (χ0n) is 11.6. The highest BCUT2D eigenvalue weighted by atomic mass is 16.2. The quantitative estimate of drug-likeness (QED) is 0.640. The Morgan fingerprint density at radius 3 is 2.65 bits per heavy atom. The van der Waals surface area contributed by atoms with E-state index in [0.717, 1.165) is 18.4 Å². The predicted octanol–water partition coefficient (Wildman–Crippen LogP) is 3.32. The second-order valence-electron chi connectivity index (χ2n) is 4.97. The van der Waals surface area contributed by atoms with Crippen molar-refractivity contribution in [3.8, 4) is 0 Å². The van der Waals surface area contributed by atoms with E-state index < -0.39 is 0 Å². The molecule has 0 bridgehead atoms. The lowest BCUT2D eigenvalue weighted by molar-refractivity contribution is 0.233. The van der Waals surface area contributed by atoms with Gasteiger partial charge in [-0.15, -0.1) is 0 Å². The number of carbonyl (C=O) groups excluding carboxylic acids is 1. The molecule has 1 saturated carbocycles. The molecule has 0 saturated heterocycles. The first kappa shape index (κ1) is 14.3. The van der Waals surface area contributed by atoms with E-state index in [1.165, 1.54) is 19.3 Å². The highest BCUT2D eigenvalue weighted by Gasteiger charge is 2.14. The van der Waals surface area contributed by atoms with Crippen LogP contribution in [-0.2, 0) is 0 Å². The first-order valence-corrected chi connectivity index (χ1v) is 7.16. The molecule has 4 heteroatoms. The lowest BCUT2D eigenvalue weighted by Gasteiger charge is -2.22. The molecule has 2 rings (SSSR count). The van der Waals surface area contributed by atoms with Gasteiger partial charge in [-0.05, 0) is 24.5 Å². The number of nitrogens with one attached hydrogen (secondary N) is 2. The summed E-state index contributed by atoms with van der Waals surface area (Å²) >= 11 is 0. The number of hydrogen-bond donors (Lipinski definition) is 2. The van der Waals surface area contributed by atoms with Gasteiger partial charge in [-0.2, -0.15) is 5.10 Å². The van der Waals surface area contributed by atoms with Crippen LogP contribution in [0.15, 0.2) is 41.5 Å². The van der Waals surface area contributed by atoms with Crippen LogP contribution < -0.4 is 10.7 Å². The highest BCUT2D eigenvalue weighted by molar-refractivity contribution is 5.80. The summed E-state index contributed by atoms with van der Waals surface area (Å²) in [5.74, 6) is 0. The molecule has 1 aromatic rings. The number of benzene rings is 1. The van der Waals surface area contributed by atoms with Gasteiger partial charge in [0.15, 0.2) is 0 Å². The molecule has 2 amide bonds. The zero-order chi connectivity index (χ0) is 14.0. The molecule has 1 aromatic carbocycles. The summed E-state index contributed by atoms with van der Waals surface area (Å²) in [4.78, 5) is 11.6. The third-order valence-electron chi connectivity index (χ3n) is 3.36. The van der Waals surface area contributed by atoms with Crippen molar-refractivity contribution in [2.75, 3.05) is 0 Å². The van der Waals surface area contributed by atoms with Crippen LogP contribution in [0.5, 0.6) is 0 Å². The fraction of sp³-hybridized carbons (Fsp3) is 0.375. The average molecular weight is 271 g/mol. The second kappa shape index (κ2) is 8.15. The minimum Gasteiger partial charge on any atom is -0.334 e. The molecule has 0 aromatic heterocycles. The van der Waals surface area contributed by atoms with Crippen molar-refractivity contribution in [1.29, 1.82) is 0 Å². The van der Waals surface area contributed by atoms with E-state index in [-0.39, 0.29) is 6.03 Å². The Labute approximate surface area is 120 Å². The first-order valence-electron chi connectivity index (χ1n) is 7.16. The monoisotopic (exact) mass is 271 g/mol. The summed E-state index contributed by atoms with van der Waals surface area (Å²) in [6.45, 7) is 0. The van der Waals surface area contributed by atoms with Gasteiger partial charge in [-0.1, -0.05) is 55.7 Å². The number of rotatable bonds is 4. The van der Waals surface area contributed by atoms with Crippen molar-refractivity contribution >= 4 is 18.3 Å². The number of amides is 2. The SMILES string of the molecule is O=C(N/N=C/C=C/c1ccccc1)NC1CCCCC1. The van der Waals surface area contributed by atoms with Gasteiger partial charge in [-0.25, -0.2) is 10.2 Å². The van der Waals surface area contributed by atoms with Crippen molar-refractivity contribution in [3.05, 3.63) is 42.0 Å². The summed E-state index contributed by atoms with van der Waals surface area (Å²) < 4.78 is 0. The van der Waals surface area contributed by atoms with Crippen LogP contribution in [-0.4, -0.2) is 18.3 Å². The van der Waals surface area contributed by atoms with Crippen molar-refractivity contribution < 1.29 is 4.79 Å². The van der Waals surface area contributed by atoms with E-state index in [1.54, 1.807) is 12.3 Å². The fourth-order valence-electron chi connectivity index (χ4n) is 2.32. The van der Waals surface area contributed by atoms with Gasteiger partial charge in [0.25, 0.3) is 0 Å². The molecule has 0 unspecified atom stereocenters. The number of allylic oxidation sites excluding steroid dienone is 1. The van der Waals surface area contributed by atoms with Crippen LogP contribution in [0.2, 0.25) is 0 Å². The largest absolute Gasteiger partial charge is 0.335 e. The molecule has 0 spiro atoms. The fourth-order valence-corrected chi connectivity index (χ4v) is 2.32. The Balaban J connectivity index is 1.67. The van der Waals surface area contributed by atoms with Crippen LogP contribution in [0.3, 0.4) is 0 Å². The third kappa shape index (κ3) is 5.26. The Morgan fingerprint density at radius 2 is 1.90 bits per heavy atom. The Hall–Kier alpha value is -2.10. The first-order chi connectivity index (χ1) is 9.84. The van der Waals surface area contributed by atoms with Gasteiger partial charge in [0.1, 0.15) is 0 Å². The normalized spacial score (nSPS) is 16.6. The maximum absolute atomic E-state index is 11.6. The second-order valence-corrected chi connectivity index (χ2v) is 4.97. The van der Waals surface area contributed by atoms with Crippen LogP contribution in [0.4, 0.5) is 4.79 Å². The molecule has 0 aliphatic heterocycles. The van der Waals surface area contributed by atoms with Gasteiger partial charge >= 0.3 is 6.03 Å². The Morgan fingerprint density at radius 1 is 1.15 bits per heavy atom. The smallest absolute Gasteiger partial charge is 0.334 e. The van der Waals surface area contributed by atoms with Gasteiger partial charge in [0, 0.05) is 12.3 Å². The molecule has 4 nitrogen and oxygen atoms in total. The Bertz CT molecular complexity index is 462. The molecular formula is C16H21N3O. The summed E-state index contributed by atoms with van der Waals surface area (Å²) in [6.07, 6.45) is 11.1. The van der Waals surface area contributed by atoms with Crippen LogP contribution in [0, 0.1) is 0 Å². The Kier molecular flexibility index (Phi) is 5.83. The van der Waals surface area contributed by atoms with Crippen molar-refractivity contribution in [1.82, 2.24) is 10.7 Å². The molecule has 0 atom stereocenters. The minimum atomic E-state index is -0.221. The van der Waals surface area contributed by atoms with E-state index in [0.29, 0.717) is 6.04 Å². The van der Waals surface area contributed by atoms with E-state index in [2.05, 4.69) is 15.8 Å². The molecular weight excluding hydrogens is 250 g/mol. The van der Waals surface area contributed by atoms with Crippen LogP contribution in [0.25, 0.3) is 6.08 Å². The molecule has 0 radical (unpaired) electrons. The van der Waals surface area contributed by atoms with Crippen molar-refractivity contribution in [2.45, 2.75) is 38.1 Å². The summed E-state index contributed by atoms with van der Waals surface area (Å²) in [5.41, 5.74) is 3.59. The van der Waals surface area contributed by atoms with E-state index in [4.69, 9.17) is 0 Å². The van der Waals surface area contributed by atoms with Crippen LogP contribution in [0.1, 0.15) is 37.7 Å². The summed E-state index contributed by atoms with van der Waals surface area (Å²) in [6, 6.07) is 10.0. The average Bonchev–Trinajstić information content (AvgIpc) is 2.49. The van der Waals surface area contributed by atoms with Crippen molar-refractivity contribution in [2.24, 2.45) is 5.10 Å². The molecule has 1 aliphatic rings. The number of hydrazone groups is 1. The zero-order valence-corrected chi connectivity index (χ0v) is 11.6.